The van der Waals surface area contributed by atoms with Gasteiger partial charge in [0.25, 0.3) is 0 Å². The third-order valence-electron chi connectivity index (χ3n) is 3.35. The minimum Gasteiger partial charge on any atom is -0.274 e. The Kier molecular flexibility index (Phi) is 4.79. The maximum atomic E-state index is 11.9. The van der Waals surface area contributed by atoms with Crippen LogP contribution in [0.25, 0.3) is 11.3 Å². The summed E-state index contributed by atoms with van der Waals surface area (Å²) in [6.45, 7) is 5.64. The number of carbonyl (C=O) groups is 3. The zero-order valence-corrected chi connectivity index (χ0v) is 14.8. The number of hydrogen-bond acceptors (Lipinski definition) is 4. The number of rotatable bonds is 2. The molecule has 0 unspecified atom stereocenters. The van der Waals surface area contributed by atoms with Crippen LogP contribution in [-0.2, 0) is 9.59 Å². The van der Waals surface area contributed by atoms with Gasteiger partial charge in [0, 0.05) is 30.8 Å². The van der Waals surface area contributed by atoms with Crippen molar-refractivity contribution in [2.75, 3.05) is 4.90 Å². The Morgan fingerprint density at radius 3 is 2.00 bits per heavy atom. The molecular weight excluding hydrogens is 362 g/mol. The van der Waals surface area contributed by atoms with Crippen LogP contribution in [0.15, 0.2) is 28.7 Å². The predicted molar refractivity (Wildman–Crippen MR) is 90.2 cm³/mol. The molecular formula is C16H16BrN3O3. The molecule has 6 nitrogen and oxygen atoms in total. The quantitative estimate of drug-likeness (QED) is 0.805. The summed E-state index contributed by atoms with van der Waals surface area (Å²) in [6, 6.07) is 7.26. The molecule has 0 aliphatic heterocycles. The molecule has 0 saturated heterocycles. The number of anilines is 1. The van der Waals surface area contributed by atoms with Crippen molar-refractivity contribution in [3.05, 3.63) is 34.4 Å². The molecule has 7 heteroatoms. The summed E-state index contributed by atoms with van der Waals surface area (Å²) < 4.78 is 2.09. The fourth-order valence-electron chi connectivity index (χ4n) is 2.41. The number of carbonyl (C=O) groups excluding carboxylic acids is 3. The second kappa shape index (κ2) is 6.45. The topological polar surface area (TPSA) is 72.3 Å². The van der Waals surface area contributed by atoms with Crippen molar-refractivity contribution in [2.45, 2.75) is 27.7 Å². The third kappa shape index (κ3) is 3.24. The van der Waals surface area contributed by atoms with E-state index in [0.29, 0.717) is 22.6 Å². The highest BCUT2D eigenvalue weighted by Gasteiger charge is 2.28. The Bertz CT molecular complexity index is 780. The van der Waals surface area contributed by atoms with Crippen LogP contribution < -0.4 is 4.90 Å². The van der Waals surface area contributed by atoms with Crippen molar-refractivity contribution < 1.29 is 14.4 Å². The molecule has 2 aromatic rings. The Labute approximate surface area is 142 Å². The van der Waals surface area contributed by atoms with Gasteiger partial charge >= 0.3 is 0 Å². The van der Waals surface area contributed by atoms with Crippen LogP contribution in [0.5, 0.6) is 0 Å². The molecule has 1 heterocycles. The average Bonchev–Trinajstić information content (AvgIpc) is 2.77. The van der Waals surface area contributed by atoms with Gasteiger partial charge in [-0.25, -0.2) is 9.58 Å². The maximum absolute atomic E-state index is 11.9. The van der Waals surface area contributed by atoms with Crippen molar-refractivity contribution in [1.29, 1.82) is 0 Å². The normalized spacial score (nSPS) is 10.5. The van der Waals surface area contributed by atoms with Crippen molar-refractivity contribution in [1.82, 2.24) is 9.78 Å². The van der Waals surface area contributed by atoms with Gasteiger partial charge in [-0.15, -0.1) is 0 Å². The van der Waals surface area contributed by atoms with Crippen LogP contribution in [0, 0.1) is 6.92 Å². The molecule has 120 valence electrons. The average molecular weight is 378 g/mol. The molecule has 0 fully saturated rings. The summed E-state index contributed by atoms with van der Waals surface area (Å²) in [7, 11) is 0. The second-order valence-electron chi connectivity index (χ2n) is 5.09. The van der Waals surface area contributed by atoms with E-state index in [1.807, 2.05) is 12.1 Å². The zero-order valence-electron chi connectivity index (χ0n) is 13.3. The summed E-state index contributed by atoms with van der Waals surface area (Å²) in [5.74, 6) is -1.15. The van der Waals surface area contributed by atoms with Gasteiger partial charge in [0.1, 0.15) is 11.4 Å². The van der Waals surface area contributed by atoms with Gasteiger partial charge in [-0.3, -0.25) is 14.4 Å². The van der Waals surface area contributed by atoms with Gasteiger partial charge in [-0.2, -0.15) is 5.10 Å². The van der Waals surface area contributed by atoms with Gasteiger partial charge in [0.05, 0.1) is 5.69 Å². The number of amides is 2. The predicted octanol–water partition coefficient (Wildman–Crippen LogP) is 3.18. The van der Waals surface area contributed by atoms with Crippen LogP contribution in [0.2, 0.25) is 0 Å². The minimum atomic E-state index is -0.429. The first-order valence-electron chi connectivity index (χ1n) is 6.91. The number of hydrogen-bond donors (Lipinski definition) is 0. The largest absolute Gasteiger partial charge is 0.274 e. The minimum absolute atomic E-state index is 0.292. The van der Waals surface area contributed by atoms with Crippen LogP contribution in [0.1, 0.15) is 31.3 Å². The molecule has 0 N–H and O–H groups in total. The lowest BCUT2D eigenvalue weighted by molar-refractivity contribution is -0.124. The van der Waals surface area contributed by atoms with E-state index in [2.05, 4.69) is 21.0 Å². The number of imide groups is 1. The van der Waals surface area contributed by atoms with E-state index in [4.69, 9.17) is 0 Å². The summed E-state index contributed by atoms with van der Waals surface area (Å²) in [5, 5.41) is 4.30. The zero-order chi connectivity index (χ0) is 17.3. The Morgan fingerprint density at radius 2 is 1.57 bits per heavy atom. The lowest BCUT2D eigenvalue weighted by Crippen LogP contribution is -2.34. The van der Waals surface area contributed by atoms with Gasteiger partial charge in [-0.1, -0.05) is 28.1 Å². The lowest BCUT2D eigenvalue weighted by Gasteiger charge is -2.18. The van der Waals surface area contributed by atoms with E-state index in [-0.39, 0.29) is 5.91 Å². The number of benzene rings is 1. The van der Waals surface area contributed by atoms with Crippen molar-refractivity contribution >= 4 is 39.3 Å². The molecule has 2 amide bonds. The molecule has 0 bridgehead atoms. The van der Waals surface area contributed by atoms with E-state index in [0.717, 1.165) is 9.37 Å². The first kappa shape index (κ1) is 17.1. The molecule has 2 rings (SSSR count). The molecule has 0 aliphatic rings. The molecule has 1 aromatic carbocycles. The van der Waals surface area contributed by atoms with Gasteiger partial charge in [0.15, 0.2) is 0 Å². The summed E-state index contributed by atoms with van der Waals surface area (Å²) >= 11 is 3.36. The monoisotopic (exact) mass is 377 g/mol. The SMILES string of the molecule is CC(=O)N(C(C)=O)c1c(-c2ccc(Br)cc2)nn(C(C)=O)c1C. The van der Waals surface area contributed by atoms with Gasteiger partial charge < -0.3 is 0 Å². The Hall–Kier alpha value is -2.28. The Balaban J connectivity index is 2.77. The van der Waals surface area contributed by atoms with Crippen molar-refractivity contribution in [3.8, 4) is 11.3 Å². The van der Waals surface area contributed by atoms with Crippen LogP contribution in [0.3, 0.4) is 0 Å². The van der Waals surface area contributed by atoms with E-state index < -0.39 is 11.8 Å². The lowest BCUT2D eigenvalue weighted by atomic mass is 10.1. The van der Waals surface area contributed by atoms with Crippen LogP contribution >= 0.6 is 15.9 Å². The molecule has 1 aromatic heterocycles. The number of nitrogens with zero attached hydrogens (tertiary/aromatic N) is 3. The molecule has 0 saturated carbocycles. The van der Waals surface area contributed by atoms with Gasteiger partial charge in [-0.05, 0) is 19.1 Å². The summed E-state index contributed by atoms with van der Waals surface area (Å²) in [4.78, 5) is 36.7. The fourth-order valence-corrected chi connectivity index (χ4v) is 2.67. The van der Waals surface area contributed by atoms with Crippen LogP contribution in [-0.4, -0.2) is 27.5 Å². The second-order valence-corrected chi connectivity index (χ2v) is 6.01. The van der Waals surface area contributed by atoms with Crippen molar-refractivity contribution in [3.63, 3.8) is 0 Å². The smallest absolute Gasteiger partial charge is 0.244 e. The summed E-state index contributed by atoms with van der Waals surface area (Å²) in [6.07, 6.45) is 0. The van der Waals surface area contributed by atoms with Crippen LogP contribution in [0.4, 0.5) is 5.69 Å². The Morgan fingerprint density at radius 1 is 1.04 bits per heavy atom. The number of aromatic nitrogens is 2. The summed E-state index contributed by atoms with van der Waals surface area (Å²) in [5.41, 5.74) is 1.90. The maximum Gasteiger partial charge on any atom is 0.244 e. The molecule has 0 atom stereocenters. The number of halogens is 1. The van der Waals surface area contributed by atoms with E-state index in [9.17, 15) is 14.4 Å². The first-order chi connectivity index (χ1) is 10.7. The van der Waals surface area contributed by atoms with E-state index in [1.165, 1.54) is 25.5 Å². The highest BCUT2D eigenvalue weighted by molar-refractivity contribution is 9.10. The van der Waals surface area contributed by atoms with Crippen molar-refractivity contribution in [2.24, 2.45) is 0 Å². The fraction of sp³-hybridized carbons (Fsp3) is 0.250. The highest BCUT2D eigenvalue weighted by atomic mass is 79.9. The molecule has 23 heavy (non-hydrogen) atoms. The molecule has 0 aliphatic carbocycles. The van der Waals surface area contributed by atoms with E-state index >= 15 is 0 Å². The van der Waals surface area contributed by atoms with E-state index in [1.54, 1.807) is 19.1 Å². The molecule has 0 radical (unpaired) electrons. The highest BCUT2D eigenvalue weighted by Crippen LogP contribution is 2.34. The third-order valence-corrected chi connectivity index (χ3v) is 3.88. The molecule has 0 spiro atoms. The van der Waals surface area contributed by atoms with Gasteiger partial charge in [0.2, 0.25) is 17.7 Å². The first-order valence-corrected chi connectivity index (χ1v) is 7.71. The standard InChI is InChI=1S/C16H16BrN3O3/c1-9-16(19(10(2)21)11(3)22)15(18-20(9)12(4)23)13-5-7-14(17)8-6-13/h5-8H,1-4H3.